The Labute approximate surface area is 99.3 Å². The minimum absolute atomic E-state index is 0.0133. The lowest BCUT2D eigenvalue weighted by atomic mass is 10.2. The minimum atomic E-state index is -1.25. The van der Waals surface area contributed by atoms with Gasteiger partial charge in [0.2, 0.25) is 6.33 Å². The van der Waals surface area contributed by atoms with Gasteiger partial charge in [0.1, 0.15) is 12.0 Å². The molecular weight excluding hydrogens is 245 g/mol. The van der Waals surface area contributed by atoms with Gasteiger partial charge in [0.05, 0.1) is 11.3 Å². The Morgan fingerprint density at radius 3 is 2.72 bits per heavy atom. The summed E-state index contributed by atoms with van der Waals surface area (Å²) in [4.78, 5) is 23.8. The van der Waals surface area contributed by atoms with E-state index in [1.807, 2.05) is 0 Å². The van der Waals surface area contributed by atoms with Crippen LogP contribution in [0.15, 0.2) is 30.7 Å². The van der Waals surface area contributed by atoms with Gasteiger partial charge >= 0.3 is 11.8 Å². The molecule has 0 aliphatic carbocycles. The Bertz CT molecular complexity index is 638. The smallest absolute Gasteiger partial charge is 0.381 e. The fraction of sp³-hybridized carbons (Fsp3) is 0. The van der Waals surface area contributed by atoms with Gasteiger partial charge in [-0.25, -0.2) is 9.18 Å². The van der Waals surface area contributed by atoms with Crippen LogP contribution in [0, 0.1) is 15.9 Å². The zero-order valence-electron chi connectivity index (χ0n) is 8.78. The maximum Gasteiger partial charge on any atom is 0.381 e. The molecule has 0 fully saturated rings. The molecule has 0 spiro atoms. The second-order valence-electron chi connectivity index (χ2n) is 3.37. The fourth-order valence-electron chi connectivity index (χ4n) is 1.39. The maximum atomic E-state index is 13.6. The maximum absolute atomic E-state index is 13.6. The summed E-state index contributed by atoms with van der Waals surface area (Å²) < 4.78 is 14.7. The molecule has 1 aromatic heterocycles. The summed E-state index contributed by atoms with van der Waals surface area (Å²) in [5.74, 6) is -2.48. The zero-order valence-corrected chi connectivity index (χ0v) is 8.78. The number of carbonyl (C=O) groups is 1. The number of aromatic nitrogens is 2. The van der Waals surface area contributed by atoms with Gasteiger partial charge in [0, 0.05) is 0 Å². The van der Waals surface area contributed by atoms with Crippen LogP contribution in [0.1, 0.15) is 10.4 Å². The number of halogens is 1. The third kappa shape index (κ3) is 2.03. The molecule has 0 atom stereocenters. The van der Waals surface area contributed by atoms with Crippen molar-refractivity contribution in [3.8, 4) is 5.69 Å². The summed E-state index contributed by atoms with van der Waals surface area (Å²) >= 11 is 0. The first kappa shape index (κ1) is 11.7. The molecule has 0 unspecified atom stereocenters. The largest absolute Gasteiger partial charge is 0.478 e. The van der Waals surface area contributed by atoms with Gasteiger partial charge in [0.25, 0.3) is 0 Å². The quantitative estimate of drug-likeness (QED) is 0.660. The number of nitrogens with zero attached hydrogens (tertiary/aromatic N) is 3. The Kier molecular flexibility index (Phi) is 2.76. The van der Waals surface area contributed by atoms with Gasteiger partial charge in [0.15, 0.2) is 0 Å². The zero-order chi connectivity index (χ0) is 13.3. The molecule has 0 aliphatic rings. The monoisotopic (exact) mass is 251 g/mol. The van der Waals surface area contributed by atoms with Crippen molar-refractivity contribution in [2.45, 2.75) is 0 Å². The number of rotatable bonds is 3. The highest BCUT2D eigenvalue weighted by molar-refractivity contribution is 5.87. The van der Waals surface area contributed by atoms with Crippen LogP contribution in [0.4, 0.5) is 10.2 Å². The number of nitro groups is 1. The highest BCUT2D eigenvalue weighted by Crippen LogP contribution is 2.17. The van der Waals surface area contributed by atoms with Gasteiger partial charge in [-0.2, -0.15) is 0 Å². The number of hydrogen-bond acceptors (Lipinski definition) is 4. The van der Waals surface area contributed by atoms with Gasteiger partial charge in [-0.15, -0.1) is 0 Å². The molecule has 0 aliphatic heterocycles. The minimum Gasteiger partial charge on any atom is -0.478 e. The van der Waals surface area contributed by atoms with Crippen molar-refractivity contribution >= 4 is 11.8 Å². The second-order valence-corrected chi connectivity index (χ2v) is 3.37. The number of benzene rings is 1. The molecule has 1 heterocycles. The molecule has 1 N–H and O–H groups in total. The van der Waals surface area contributed by atoms with E-state index in [1.54, 1.807) is 0 Å². The van der Waals surface area contributed by atoms with Crippen LogP contribution in [0.25, 0.3) is 5.69 Å². The molecule has 92 valence electrons. The van der Waals surface area contributed by atoms with Crippen molar-refractivity contribution in [3.05, 3.63) is 52.2 Å². The van der Waals surface area contributed by atoms with E-state index >= 15 is 0 Å². The van der Waals surface area contributed by atoms with Gasteiger partial charge < -0.3 is 15.2 Å². The number of carboxylic acids is 1. The number of aromatic carboxylic acids is 1. The van der Waals surface area contributed by atoms with Crippen LogP contribution in [0.2, 0.25) is 0 Å². The summed E-state index contributed by atoms with van der Waals surface area (Å²) in [6.45, 7) is 0. The van der Waals surface area contributed by atoms with E-state index < -0.39 is 22.5 Å². The molecule has 0 amide bonds. The van der Waals surface area contributed by atoms with Crippen molar-refractivity contribution in [2.75, 3.05) is 0 Å². The average molecular weight is 251 g/mol. The molecule has 8 heteroatoms. The molecule has 0 radical (unpaired) electrons. The molecular formula is C10H6FN3O4. The lowest BCUT2D eigenvalue weighted by molar-refractivity contribution is -0.389. The highest BCUT2D eigenvalue weighted by Gasteiger charge is 2.14. The molecule has 0 saturated heterocycles. The molecule has 1 aromatic carbocycles. The number of carboxylic acid groups (broad SMARTS) is 1. The Morgan fingerprint density at radius 2 is 2.22 bits per heavy atom. The molecule has 0 saturated carbocycles. The van der Waals surface area contributed by atoms with E-state index in [1.165, 1.54) is 12.1 Å². The predicted molar refractivity (Wildman–Crippen MR) is 57.1 cm³/mol. The number of imidazole rings is 1. The van der Waals surface area contributed by atoms with Crippen LogP contribution in [-0.2, 0) is 0 Å². The predicted octanol–water partition coefficient (Wildman–Crippen LogP) is 1.62. The van der Waals surface area contributed by atoms with Crippen molar-refractivity contribution in [3.63, 3.8) is 0 Å². The van der Waals surface area contributed by atoms with Gasteiger partial charge in [-0.1, -0.05) is 0 Å². The number of hydrogen-bond donors (Lipinski definition) is 1. The summed E-state index contributed by atoms with van der Waals surface area (Å²) in [6, 6.07) is 3.25. The Morgan fingerprint density at radius 1 is 1.50 bits per heavy atom. The lowest BCUT2D eigenvalue weighted by Crippen LogP contribution is -2.00. The molecule has 7 nitrogen and oxygen atoms in total. The third-order valence-electron chi connectivity index (χ3n) is 2.23. The first-order valence-corrected chi connectivity index (χ1v) is 4.70. The second kappa shape index (κ2) is 4.24. The molecule has 2 rings (SSSR count). The Balaban J connectivity index is 2.44. The van der Waals surface area contributed by atoms with Crippen molar-refractivity contribution in [2.24, 2.45) is 0 Å². The van der Waals surface area contributed by atoms with Gasteiger partial charge in [-0.05, 0) is 28.1 Å². The van der Waals surface area contributed by atoms with Crippen LogP contribution in [0.3, 0.4) is 0 Å². The normalized spacial score (nSPS) is 10.3. The average Bonchev–Trinajstić information content (AvgIpc) is 2.78. The summed E-state index contributed by atoms with van der Waals surface area (Å²) in [5, 5.41) is 19.1. The third-order valence-corrected chi connectivity index (χ3v) is 2.23. The molecule has 18 heavy (non-hydrogen) atoms. The summed E-state index contributed by atoms with van der Waals surface area (Å²) in [6.07, 6.45) is 2.12. The fourth-order valence-corrected chi connectivity index (χ4v) is 1.39. The van der Waals surface area contributed by atoms with Crippen LogP contribution in [0.5, 0.6) is 0 Å². The molecule has 0 bridgehead atoms. The van der Waals surface area contributed by atoms with Crippen LogP contribution in [-0.4, -0.2) is 25.6 Å². The van der Waals surface area contributed by atoms with E-state index in [4.69, 9.17) is 5.11 Å². The van der Waals surface area contributed by atoms with Crippen molar-refractivity contribution in [1.82, 2.24) is 9.55 Å². The van der Waals surface area contributed by atoms with E-state index in [-0.39, 0.29) is 11.3 Å². The van der Waals surface area contributed by atoms with Crippen LogP contribution < -0.4 is 0 Å². The van der Waals surface area contributed by atoms with Gasteiger partial charge in [-0.3, -0.25) is 4.57 Å². The SMILES string of the molecule is O=C(O)c1ccc(-n2cnc([N+](=O)[O-])c2)c(F)c1. The van der Waals surface area contributed by atoms with E-state index in [0.717, 1.165) is 23.2 Å². The van der Waals surface area contributed by atoms with E-state index in [9.17, 15) is 19.3 Å². The highest BCUT2D eigenvalue weighted by atomic mass is 19.1. The Hall–Kier alpha value is -2.77. The topological polar surface area (TPSA) is 98.3 Å². The van der Waals surface area contributed by atoms with Crippen molar-refractivity contribution in [1.29, 1.82) is 0 Å². The van der Waals surface area contributed by atoms with Crippen molar-refractivity contribution < 1.29 is 19.2 Å². The van der Waals surface area contributed by atoms with Crippen LogP contribution >= 0.6 is 0 Å². The molecule has 2 aromatic rings. The summed E-state index contributed by atoms with van der Waals surface area (Å²) in [5.41, 5.74) is -0.216. The first-order chi connectivity index (χ1) is 8.49. The standard InChI is InChI=1S/C10H6FN3O4/c11-7-3-6(10(15)16)1-2-8(7)13-4-9(12-5-13)14(17)18/h1-5H,(H,15,16). The van der Waals surface area contributed by atoms with E-state index in [2.05, 4.69) is 4.98 Å². The summed E-state index contributed by atoms with van der Waals surface area (Å²) in [7, 11) is 0. The lowest BCUT2D eigenvalue weighted by Gasteiger charge is -2.03. The van der Waals surface area contributed by atoms with E-state index in [0.29, 0.717) is 0 Å². The first-order valence-electron chi connectivity index (χ1n) is 4.70.